The SMILES string of the molecule is C[C@](N)(CO[P+](=O)O)c1nnc(-c2ccc(OCCCCCCOCc3ccccc3)c(C(F)(F)F)c2)s1. The minimum Gasteiger partial charge on any atom is -0.493 e. The molecule has 2 atom stereocenters. The van der Waals surface area contributed by atoms with Crippen molar-refractivity contribution < 1.29 is 36.6 Å². The van der Waals surface area contributed by atoms with Crippen molar-refractivity contribution in [2.45, 2.75) is 50.9 Å². The topological polar surface area (TPSA) is 117 Å². The highest BCUT2D eigenvalue weighted by Crippen LogP contribution is 2.40. The van der Waals surface area contributed by atoms with Crippen molar-refractivity contribution in [2.75, 3.05) is 19.8 Å². The lowest BCUT2D eigenvalue weighted by atomic mass is 10.1. The molecule has 0 bridgehead atoms. The first-order valence-corrected chi connectivity index (χ1v) is 13.9. The molecule has 0 aliphatic rings. The average molecular weight is 573 g/mol. The van der Waals surface area contributed by atoms with Gasteiger partial charge in [0.25, 0.3) is 0 Å². The molecule has 206 valence electrons. The summed E-state index contributed by atoms with van der Waals surface area (Å²) in [7, 11) is -2.85. The van der Waals surface area contributed by atoms with E-state index in [-0.39, 0.29) is 34.5 Å². The Balaban J connectivity index is 1.50. The second-order valence-corrected chi connectivity index (χ2v) is 10.6. The van der Waals surface area contributed by atoms with Crippen molar-refractivity contribution in [3.8, 4) is 16.3 Å². The number of nitrogens with zero attached hydrogens (tertiary/aromatic N) is 2. The van der Waals surface area contributed by atoms with Crippen LogP contribution in [0.3, 0.4) is 0 Å². The predicted molar refractivity (Wildman–Crippen MR) is 138 cm³/mol. The first-order valence-electron chi connectivity index (χ1n) is 11.9. The number of hydrogen-bond acceptors (Lipinski definition) is 8. The standard InChI is InChI=1S/C25H29F3N3O5PS/c1-24(29,17-36-37(32)33)23-31-30-22(38-23)19-11-12-21(20(15-19)25(26,27)28)35-14-8-3-2-7-13-34-16-18-9-5-4-6-10-18/h4-6,9-12,15H,2-3,7-8,13-14,16-17,29H2,1H3/p+1/t24-/m0/s1. The molecule has 0 radical (unpaired) electrons. The Bertz CT molecular complexity index is 1180. The number of rotatable bonds is 15. The van der Waals surface area contributed by atoms with Gasteiger partial charge in [-0.15, -0.1) is 19.6 Å². The normalized spacial score (nSPS) is 13.8. The van der Waals surface area contributed by atoms with E-state index in [1.807, 2.05) is 30.3 Å². The third-order valence-corrected chi connectivity index (χ3v) is 7.07. The smallest absolute Gasteiger partial charge is 0.493 e. The molecule has 1 heterocycles. The van der Waals surface area contributed by atoms with Crippen LogP contribution in [0.5, 0.6) is 5.75 Å². The van der Waals surface area contributed by atoms with Crippen LogP contribution >= 0.6 is 19.6 Å². The van der Waals surface area contributed by atoms with E-state index in [2.05, 4.69) is 14.7 Å². The van der Waals surface area contributed by atoms with Crippen LogP contribution in [0.4, 0.5) is 13.2 Å². The number of aromatic nitrogens is 2. The third-order valence-electron chi connectivity index (χ3n) is 5.47. The van der Waals surface area contributed by atoms with Gasteiger partial charge in [-0.1, -0.05) is 48.1 Å². The zero-order valence-corrected chi connectivity index (χ0v) is 22.5. The fourth-order valence-corrected chi connectivity index (χ4v) is 4.70. The summed E-state index contributed by atoms with van der Waals surface area (Å²) in [5, 5.41) is 8.35. The lowest BCUT2D eigenvalue weighted by molar-refractivity contribution is -0.138. The van der Waals surface area contributed by atoms with Crippen molar-refractivity contribution in [2.24, 2.45) is 5.73 Å². The van der Waals surface area contributed by atoms with Crippen LogP contribution in [-0.4, -0.2) is 34.9 Å². The highest BCUT2D eigenvalue weighted by molar-refractivity contribution is 7.32. The number of nitrogens with two attached hydrogens (primary N) is 1. The van der Waals surface area contributed by atoms with E-state index in [1.54, 1.807) is 0 Å². The number of halogens is 3. The molecule has 0 saturated carbocycles. The lowest BCUT2D eigenvalue weighted by Crippen LogP contribution is -2.37. The molecule has 13 heteroatoms. The molecule has 0 aliphatic heterocycles. The highest BCUT2D eigenvalue weighted by Gasteiger charge is 2.36. The van der Waals surface area contributed by atoms with Gasteiger partial charge in [-0.2, -0.15) is 13.2 Å². The molecule has 0 amide bonds. The van der Waals surface area contributed by atoms with Crippen LogP contribution in [0.25, 0.3) is 10.6 Å². The van der Waals surface area contributed by atoms with Crippen LogP contribution in [0.15, 0.2) is 48.5 Å². The molecule has 1 unspecified atom stereocenters. The molecule has 3 aromatic rings. The first-order chi connectivity index (χ1) is 18.1. The molecule has 8 nitrogen and oxygen atoms in total. The minimum absolute atomic E-state index is 0.162. The van der Waals surface area contributed by atoms with Gasteiger partial charge >= 0.3 is 14.4 Å². The predicted octanol–water partition coefficient (Wildman–Crippen LogP) is 6.22. The summed E-state index contributed by atoms with van der Waals surface area (Å²) < 4.78 is 67.9. The second kappa shape index (κ2) is 14.1. The van der Waals surface area contributed by atoms with E-state index in [4.69, 9.17) is 20.1 Å². The van der Waals surface area contributed by atoms with Crippen molar-refractivity contribution in [3.63, 3.8) is 0 Å². The molecule has 3 N–H and O–H groups in total. The Morgan fingerprint density at radius 3 is 2.42 bits per heavy atom. The van der Waals surface area contributed by atoms with E-state index in [0.717, 1.165) is 42.2 Å². The summed E-state index contributed by atoms with van der Waals surface area (Å²) in [5.74, 6) is -0.249. The third kappa shape index (κ3) is 9.37. The van der Waals surface area contributed by atoms with Crippen LogP contribution in [-0.2, 0) is 32.1 Å². The second-order valence-electron chi connectivity index (χ2n) is 8.85. The summed E-state index contributed by atoms with van der Waals surface area (Å²) >= 11 is 0.979. The number of ether oxygens (including phenoxy) is 2. The van der Waals surface area contributed by atoms with Gasteiger partial charge in [0.1, 0.15) is 22.4 Å². The minimum atomic E-state index is -4.63. The van der Waals surface area contributed by atoms with Crippen LogP contribution in [0, 0.1) is 0 Å². The molecular weight excluding hydrogens is 542 g/mol. The van der Waals surface area contributed by atoms with E-state index in [9.17, 15) is 17.7 Å². The van der Waals surface area contributed by atoms with Crippen LogP contribution in [0.2, 0.25) is 0 Å². The number of unbranched alkanes of at least 4 members (excludes halogenated alkanes) is 3. The lowest BCUT2D eigenvalue weighted by Gasteiger charge is -2.16. The van der Waals surface area contributed by atoms with Crippen molar-refractivity contribution in [1.82, 2.24) is 10.2 Å². The quantitative estimate of drug-likeness (QED) is 0.163. The van der Waals surface area contributed by atoms with E-state index in [0.29, 0.717) is 19.6 Å². The Labute approximate surface area is 223 Å². The molecule has 1 aromatic heterocycles. The van der Waals surface area contributed by atoms with Crippen molar-refractivity contribution >= 4 is 19.6 Å². The van der Waals surface area contributed by atoms with E-state index >= 15 is 0 Å². The van der Waals surface area contributed by atoms with Gasteiger partial charge < -0.3 is 15.2 Å². The Hall–Kier alpha value is -2.47. The van der Waals surface area contributed by atoms with Gasteiger partial charge in [0.2, 0.25) is 0 Å². The zero-order chi connectivity index (χ0) is 27.6. The van der Waals surface area contributed by atoms with Crippen molar-refractivity contribution in [3.05, 3.63) is 64.7 Å². The van der Waals surface area contributed by atoms with Gasteiger partial charge in [0.15, 0.2) is 0 Å². The van der Waals surface area contributed by atoms with E-state index < -0.39 is 25.5 Å². The number of hydrogen-bond donors (Lipinski definition) is 2. The summed E-state index contributed by atoms with van der Waals surface area (Å²) in [4.78, 5) is 8.83. The zero-order valence-electron chi connectivity index (χ0n) is 20.8. The molecule has 0 fully saturated rings. The maximum atomic E-state index is 13.8. The molecule has 0 spiro atoms. The monoisotopic (exact) mass is 572 g/mol. The molecule has 0 saturated heterocycles. The first kappa shape index (κ1) is 30.1. The molecular formula is C25H30F3N3O5PS+. The number of benzene rings is 2. The Kier molecular flexibility index (Phi) is 11.1. The van der Waals surface area contributed by atoms with Crippen molar-refractivity contribution in [1.29, 1.82) is 0 Å². The largest absolute Gasteiger partial charge is 0.694 e. The van der Waals surface area contributed by atoms with Gasteiger partial charge in [-0.3, -0.25) is 0 Å². The van der Waals surface area contributed by atoms with Crippen LogP contribution < -0.4 is 10.5 Å². The van der Waals surface area contributed by atoms with Gasteiger partial charge in [-0.05, 0) is 49.9 Å². The maximum absolute atomic E-state index is 13.8. The highest BCUT2D eigenvalue weighted by atomic mass is 32.1. The molecule has 2 aromatic carbocycles. The summed E-state index contributed by atoms with van der Waals surface area (Å²) in [6.45, 7) is 2.56. The Morgan fingerprint density at radius 1 is 1.03 bits per heavy atom. The van der Waals surface area contributed by atoms with Gasteiger partial charge in [0.05, 0.1) is 24.3 Å². The Morgan fingerprint density at radius 2 is 1.74 bits per heavy atom. The number of alkyl halides is 3. The summed E-state index contributed by atoms with van der Waals surface area (Å²) in [6.07, 6.45) is -1.44. The fraction of sp³-hybridized carbons (Fsp3) is 0.440. The summed E-state index contributed by atoms with van der Waals surface area (Å²) in [5.41, 5.74) is 5.24. The fourth-order valence-electron chi connectivity index (χ4n) is 3.44. The van der Waals surface area contributed by atoms with Crippen LogP contribution in [0.1, 0.15) is 48.7 Å². The molecule has 3 rings (SSSR count). The molecule has 0 aliphatic carbocycles. The van der Waals surface area contributed by atoms with E-state index in [1.165, 1.54) is 19.1 Å². The average Bonchev–Trinajstić information content (AvgIpc) is 3.38. The molecule has 38 heavy (non-hydrogen) atoms. The maximum Gasteiger partial charge on any atom is 0.694 e. The van der Waals surface area contributed by atoms with Gasteiger partial charge in [0, 0.05) is 16.7 Å². The summed E-state index contributed by atoms with van der Waals surface area (Å²) in [6, 6.07) is 13.6. The van der Waals surface area contributed by atoms with Gasteiger partial charge in [-0.25, -0.2) is 0 Å².